The number of fused-ring (bicyclic) bond motifs is 1. The summed E-state index contributed by atoms with van der Waals surface area (Å²) in [6, 6.07) is 9.12. The van der Waals surface area contributed by atoms with Crippen molar-refractivity contribution in [3.8, 4) is 0 Å². The zero-order chi connectivity index (χ0) is 28.3. The molecule has 1 aromatic carbocycles. The van der Waals surface area contributed by atoms with Crippen LogP contribution in [-0.2, 0) is 22.6 Å². The first-order chi connectivity index (χ1) is 18.5. The second-order valence-electron chi connectivity index (χ2n) is 9.92. The number of esters is 2. The molecule has 0 aliphatic carbocycles. The van der Waals surface area contributed by atoms with Gasteiger partial charge in [0, 0.05) is 19.5 Å². The first kappa shape index (κ1) is 28.8. The number of hydrogen-bond acceptors (Lipinski definition) is 7. The van der Waals surface area contributed by atoms with Gasteiger partial charge in [0.25, 0.3) is 5.56 Å². The molecular formula is C27H30F3N3O5S. The van der Waals surface area contributed by atoms with Gasteiger partial charge in [0.1, 0.15) is 9.71 Å². The average Bonchev–Trinajstić information content (AvgIpc) is 3.23. The second kappa shape index (κ2) is 11.9. The van der Waals surface area contributed by atoms with Crippen molar-refractivity contribution in [3.63, 3.8) is 0 Å². The van der Waals surface area contributed by atoms with Gasteiger partial charge >= 0.3 is 23.8 Å². The van der Waals surface area contributed by atoms with E-state index in [4.69, 9.17) is 4.74 Å². The summed E-state index contributed by atoms with van der Waals surface area (Å²) in [4.78, 5) is 52.1. The summed E-state index contributed by atoms with van der Waals surface area (Å²) in [5, 5.41) is 3.16. The van der Waals surface area contributed by atoms with Crippen molar-refractivity contribution in [2.24, 2.45) is 5.92 Å². The molecular weight excluding hydrogens is 535 g/mol. The van der Waals surface area contributed by atoms with Crippen LogP contribution in [0.4, 0.5) is 13.2 Å². The predicted octanol–water partition coefficient (Wildman–Crippen LogP) is 4.36. The minimum atomic E-state index is -4.54. The summed E-state index contributed by atoms with van der Waals surface area (Å²) in [7, 11) is 0. The molecule has 0 amide bonds. The van der Waals surface area contributed by atoms with E-state index < -0.39 is 42.3 Å². The zero-order valence-electron chi connectivity index (χ0n) is 21.7. The van der Waals surface area contributed by atoms with Crippen molar-refractivity contribution in [1.82, 2.24) is 14.5 Å². The molecule has 210 valence electrons. The Morgan fingerprint density at radius 3 is 2.44 bits per heavy atom. The van der Waals surface area contributed by atoms with Crippen molar-refractivity contribution in [2.45, 2.75) is 64.7 Å². The van der Waals surface area contributed by atoms with Gasteiger partial charge in [-0.15, -0.1) is 11.3 Å². The van der Waals surface area contributed by atoms with Crippen LogP contribution in [0.2, 0.25) is 0 Å². The number of carbonyl (C=O) groups excluding carboxylic acids is 2. The maximum Gasteiger partial charge on any atom is 0.390 e. The molecule has 1 atom stereocenters. The highest BCUT2D eigenvalue weighted by molar-refractivity contribution is 7.20. The van der Waals surface area contributed by atoms with Gasteiger partial charge in [-0.2, -0.15) is 13.2 Å². The number of thiophene rings is 1. The number of rotatable bonds is 8. The van der Waals surface area contributed by atoms with Crippen LogP contribution >= 0.6 is 11.3 Å². The second-order valence-corrected chi connectivity index (χ2v) is 10.9. The Hall–Kier alpha value is -3.25. The number of ether oxygens (including phenoxy) is 1. The Morgan fingerprint density at radius 2 is 1.79 bits per heavy atom. The van der Waals surface area contributed by atoms with Crippen LogP contribution < -0.4 is 16.6 Å². The molecule has 1 N–H and O–H groups in total. The lowest BCUT2D eigenvalue weighted by molar-refractivity contribution is -0.139. The third-order valence-corrected chi connectivity index (χ3v) is 8.34. The molecule has 4 rings (SSSR count). The lowest BCUT2D eigenvalue weighted by Gasteiger charge is -2.21. The van der Waals surface area contributed by atoms with Gasteiger partial charge in [0.15, 0.2) is 0 Å². The van der Waals surface area contributed by atoms with Crippen molar-refractivity contribution < 1.29 is 27.5 Å². The van der Waals surface area contributed by atoms with Gasteiger partial charge in [-0.05, 0) is 55.8 Å². The average molecular weight is 566 g/mol. The van der Waals surface area contributed by atoms with E-state index in [0.717, 1.165) is 40.6 Å². The molecule has 39 heavy (non-hydrogen) atoms. The van der Waals surface area contributed by atoms with E-state index in [1.807, 2.05) is 37.3 Å². The number of halogens is 3. The van der Waals surface area contributed by atoms with E-state index in [1.165, 1.54) is 6.92 Å². The van der Waals surface area contributed by atoms with E-state index in [-0.39, 0.29) is 45.5 Å². The Kier molecular flexibility index (Phi) is 8.75. The molecule has 1 aliphatic heterocycles. The standard InChI is InChI=1S/C27H30F3N3O5S/c1-16(19-6-4-3-5-7-19)15-33-23(35)21-17(2)22(25(36)38-20(34)14-18-8-11-31-12-9-18)39-24(21)32(26(33)37)13-10-27(28,29)30/h3-7,16,18,31H,8-15H2,1-2H3. The maximum absolute atomic E-state index is 13.5. The Balaban J connectivity index is 1.72. The van der Waals surface area contributed by atoms with Crippen LogP contribution in [0.1, 0.15) is 59.3 Å². The van der Waals surface area contributed by atoms with Crippen molar-refractivity contribution in [2.75, 3.05) is 13.1 Å². The maximum atomic E-state index is 13.5. The number of nitrogens with one attached hydrogen (secondary N) is 1. The number of benzene rings is 1. The number of nitrogens with zero attached hydrogens (tertiary/aromatic N) is 2. The lowest BCUT2D eigenvalue weighted by atomic mass is 9.95. The van der Waals surface area contributed by atoms with Gasteiger partial charge in [-0.1, -0.05) is 37.3 Å². The highest BCUT2D eigenvalue weighted by atomic mass is 32.1. The van der Waals surface area contributed by atoms with Gasteiger partial charge in [0.05, 0.1) is 11.8 Å². The molecule has 1 unspecified atom stereocenters. The molecule has 1 fully saturated rings. The number of alkyl halides is 3. The Labute approximate surface area is 226 Å². The first-order valence-electron chi connectivity index (χ1n) is 12.8. The molecule has 0 spiro atoms. The highest BCUT2D eigenvalue weighted by Gasteiger charge is 2.30. The molecule has 0 radical (unpaired) electrons. The smallest absolute Gasteiger partial charge is 0.389 e. The number of piperidine rings is 1. The molecule has 3 aromatic rings. The van der Waals surface area contributed by atoms with E-state index in [0.29, 0.717) is 11.3 Å². The number of aromatic nitrogens is 2. The largest absolute Gasteiger partial charge is 0.390 e. The minimum Gasteiger partial charge on any atom is -0.389 e. The van der Waals surface area contributed by atoms with Crippen LogP contribution in [0.5, 0.6) is 0 Å². The molecule has 0 saturated carbocycles. The third-order valence-electron chi connectivity index (χ3n) is 7.04. The van der Waals surface area contributed by atoms with Gasteiger partial charge in [0.2, 0.25) is 0 Å². The van der Waals surface area contributed by atoms with Crippen LogP contribution in [0.3, 0.4) is 0 Å². The molecule has 0 bridgehead atoms. The normalized spacial score (nSPS) is 15.4. The fourth-order valence-electron chi connectivity index (χ4n) is 4.86. The quantitative estimate of drug-likeness (QED) is 0.322. The molecule has 12 heteroatoms. The van der Waals surface area contributed by atoms with E-state index in [2.05, 4.69) is 5.32 Å². The van der Waals surface area contributed by atoms with E-state index in [1.54, 1.807) is 0 Å². The summed E-state index contributed by atoms with van der Waals surface area (Å²) in [6.07, 6.45) is -4.22. The fourth-order valence-corrected chi connectivity index (χ4v) is 6.06. The Bertz CT molecular complexity index is 1470. The van der Waals surface area contributed by atoms with Crippen molar-refractivity contribution in [3.05, 3.63) is 67.2 Å². The minimum absolute atomic E-state index is 0.0280. The van der Waals surface area contributed by atoms with Crippen molar-refractivity contribution >= 4 is 33.5 Å². The monoisotopic (exact) mass is 565 g/mol. The third kappa shape index (κ3) is 6.67. The van der Waals surface area contributed by atoms with Gasteiger partial charge in [-0.25, -0.2) is 9.59 Å². The lowest BCUT2D eigenvalue weighted by Crippen LogP contribution is -2.41. The molecule has 2 aromatic heterocycles. The van der Waals surface area contributed by atoms with Crippen LogP contribution in [0.25, 0.3) is 10.2 Å². The number of carbonyl (C=O) groups is 2. The Morgan fingerprint density at radius 1 is 1.13 bits per heavy atom. The number of aryl methyl sites for hydroxylation is 2. The summed E-state index contributed by atoms with van der Waals surface area (Å²) in [6.45, 7) is 4.04. The van der Waals surface area contributed by atoms with Crippen LogP contribution in [-0.4, -0.2) is 40.3 Å². The highest BCUT2D eigenvalue weighted by Crippen LogP contribution is 2.30. The summed E-state index contributed by atoms with van der Waals surface area (Å²) >= 11 is 0.695. The first-order valence-corrected chi connectivity index (χ1v) is 13.6. The molecule has 1 aliphatic rings. The van der Waals surface area contributed by atoms with Gasteiger partial charge < -0.3 is 10.1 Å². The molecule has 1 saturated heterocycles. The summed E-state index contributed by atoms with van der Waals surface area (Å²) in [5.74, 6) is -1.89. The SMILES string of the molecule is Cc1c(C(=O)OC(=O)CC2CCNCC2)sc2c1c(=O)n(CC(C)c1ccccc1)c(=O)n2CCC(F)(F)F. The van der Waals surface area contributed by atoms with Crippen molar-refractivity contribution in [1.29, 1.82) is 0 Å². The summed E-state index contributed by atoms with van der Waals surface area (Å²) in [5.41, 5.74) is -0.566. The molecule has 8 nitrogen and oxygen atoms in total. The van der Waals surface area contributed by atoms with E-state index >= 15 is 0 Å². The van der Waals surface area contributed by atoms with Crippen LogP contribution in [0, 0.1) is 12.8 Å². The van der Waals surface area contributed by atoms with Gasteiger partial charge in [-0.3, -0.25) is 18.7 Å². The topological polar surface area (TPSA) is 99.4 Å². The zero-order valence-corrected chi connectivity index (χ0v) is 22.5. The predicted molar refractivity (Wildman–Crippen MR) is 141 cm³/mol. The molecule has 3 heterocycles. The summed E-state index contributed by atoms with van der Waals surface area (Å²) < 4.78 is 46.3. The fraction of sp³-hybridized carbons (Fsp3) is 0.481. The van der Waals surface area contributed by atoms with Crippen LogP contribution in [0.15, 0.2) is 39.9 Å². The van der Waals surface area contributed by atoms with E-state index in [9.17, 15) is 32.3 Å². The number of hydrogen-bond donors (Lipinski definition) is 1.